The van der Waals surface area contributed by atoms with E-state index in [-0.39, 0.29) is 0 Å². The monoisotopic (exact) mass is 207 g/mol. The van der Waals surface area contributed by atoms with Gasteiger partial charge in [0.1, 0.15) is 5.75 Å². The van der Waals surface area contributed by atoms with Gasteiger partial charge in [-0.15, -0.1) is 0 Å². The first-order valence-corrected chi connectivity index (χ1v) is 5.62. The van der Waals surface area contributed by atoms with Gasteiger partial charge in [0.05, 0.1) is 7.11 Å². The van der Waals surface area contributed by atoms with Crippen LogP contribution in [0.4, 0.5) is 0 Å². The third-order valence-corrected chi connectivity index (χ3v) is 2.68. The highest BCUT2D eigenvalue weighted by atomic mass is 16.5. The van der Waals surface area contributed by atoms with Crippen LogP contribution in [0.3, 0.4) is 0 Å². The minimum atomic E-state index is 0.614. The van der Waals surface area contributed by atoms with E-state index < -0.39 is 0 Å². The first-order chi connectivity index (χ1) is 7.26. The van der Waals surface area contributed by atoms with Crippen molar-refractivity contribution < 1.29 is 4.74 Å². The lowest BCUT2D eigenvalue weighted by Crippen LogP contribution is -2.27. The molecule has 15 heavy (non-hydrogen) atoms. The maximum absolute atomic E-state index is 5.11. The van der Waals surface area contributed by atoms with E-state index in [1.807, 2.05) is 12.1 Å². The Labute approximate surface area is 92.6 Å². The molecular weight excluding hydrogens is 186 g/mol. The van der Waals surface area contributed by atoms with Gasteiger partial charge in [0, 0.05) is 6.04 Å². The molecule has 1 aromatic carbocycles. The van der Waals surface area contributed by atoms with Gasteiger partial charge in [-0.25, -0.2) is 0 Å². The van der Waals surface area contributed by atoms with E-state index in [0.29, 0.717) is 6.04 Å². The molecule has 0 saturated carbocycles. The van der Waals surface area contributed by atoms with E-state index in [0.717, 1.165) is 18.7 Å². The molecule has 0 aromatic heterocycles. The first-order valence-electron chi connectivity index (χ1n) is 5.62. The van der Waals surface area contributed by atoms with Gasteiger partial charge in [0.25, 0.3) is 0 Å². The maximum atomic E-state index is 5.11. The number of hydrogen-bond acceptors (Lipinski definition) is 2. The van der Waals surface area contributed by atoms with Crippen LogP contribution in [0.1, 0.15) is 25.8 Å². The zero-order chi connectivity index (χ0) is 11.1. The summed E-state index contributed by atoms with van der Waals surface area (Å²) in [4.78, 5) is 0. The second kappa shape index (κ2) is 6.46. The largest absolute Gasteiger partial charge is 0.497 e. The zero-order valence-corrected chi connectivity index (χ0v) is 9.92. The number of benzene rings is 1. The van der Waals surface area contributed by atoms with Crippen LogP contribution in [-0.2, 0) is 6.42 Å². The van der Waals surface area contributed by atoms with Crippen molar-refractivity contribution in [3.8, 4) is 5.75 Å². The van der Waals surface area contributed by atoms with Gasteiger partial charge < -0.3 is 10.1 Å². The third kappa shape index (κ3) is 4.34. The van der Waals surface area contributed by atoms with Gasteiger partial charge in [-0.1, -0.05) is 19.1 Å². The van der Waals surface area contributed by atoms with Crippen LogP contribution >= 0.6 is 0 Å². The Morgan fingerprint density at radius 1 is 1.27 bits per heavy atom. The minimum absolute atomic E-state index is 0.614. The highest BCUT2D eigenvalue weighted by Gasteiger charge is 1.98. The summed E-state index contributed by atoms with van der Waals surface area (Å²) in [6, 6.07) is 8.88. The Morgan fingerprint density at radius 2 is 1.93 bits per heavy atom. The number of hydrogen-bond donors (Lipinski definition) is 1. The molecule has 0 aliphatic rings. The molecule has 2 heteroatoms. The summed E-state index contributed by atoms with van der Waals surface area (Å²) in [6.07, 6.45) is 2.26. The van der Waals surface area contributed by atoms with Crippen LogP contribution < -0.4 is 10.1 Å². The number of ether oxygens (including phenoxy) is 1. The highest BCUT2D eigenvalue weighted by Crippen LogP contribution is 2.11. The van der Waals surface area contributed by atoms with Crippen molar-refractivity contribution in [2.75, 3.05) is 13.7 Å². The van der Waals surface area contributed by atoms with E-state index in [9.17, 15) is 0 Å². The topological polar surface area (TPSA) is 21.3 Å². The molecule has 0 aliphatic heterocycles. The summed E-state index contributed by atoms with van der Waals surface area (Å²) in [5.41, 5.74) is 1.35. The molecule has 1 rings (SSSR count). The van der Waals surface area contributed by atoms with Gasteiger partial charge >= 0.3 is 0 Å². The lowest BCUT2D eigenvalue weighted by molar-refractivity contribution is 0.414. The molecule has 0 unspecified atom stereocenters. The Hall–Kier alpha value is -1.02. The predicted octanol–water partition coefficient (Wildman–Crippen LogP) is 2.63. The zero-order valence-electron chi connectivity index (χ0n) is 9.92. The van der Waals surface area contributed by atoms with Crippen molar-refractivity contribution >= 4 is 0 Å². The summed E-state index contributed by atoms with van der Waals surface area (Å²) in [6.45, 7) is 5.46. The average molecular weight is 207 g/mol. The second-order valence-corrected chi connectivity index (χ2v) is 3.86. The molecule has 0 spiro atoms. The van der Waals surface area contributed by atoms with Crippen LogP contribution in [0.25, 0.3) is 0 Å². The molecular formula is C13H21NO. The van der Waals surface area contributed by atoms with E-state index in [1.54, 1.807) is 7.11 Å². The molecule has 1 aromatic rings. The number of rotatable bonds is 6. The summed E-state index contributed by atoms with van der Waals surface area (Å²) >= 11 is 0. The Balaban J connectivity index is 2.31. The quantitative estimate of drug-likeness (QED) is 0.774. The predicted molar refractivity (Wildman–Crippen MR) is 64.5 cm³/mol. The van der Waals surface area contributed by atoms with Crippen molar-refractivity contribution in [3.05, 3.63) is 29.8 Å². The van der Waals surface area contributed by atoms with Gasteiger partial charge in [0.2, 0.25) is 0 Å². The van der Waals surface area contributed by atoms with Gasteiger partial charge in [-0.3, -0.25) is 0 Å². The fraction of sp³-hybridized carbons (Fsp3) is 0.538. The molecule has 0 radical (unpaired) electrons. The fourth-order valence-corrected chi connectivity index (χ4v) is 1.40. The van der Waals surface area contributed by atoms with Crippen LogP contribution in [0.15, 0.2) is 24.3 Å². The smallest absolute Gasteiger partial charge is 0.118 e. The normalized spacial score (nSPS) is 12.5. The Kier molecular flexibility index (Phi) is 5.19. The molecule has 0 heterocycles. The second-order valence-electron chi connectivity index (χ2n) is 3.86. The SMILES string of the molecule is CC[C@@H](C)NCCc1ccc(OC)cc1. The van der Waals surface area contributed by atoms with Crippen molar-refractivity contribution in [2.45, 2.75) is 32.7 Å². The molecule has 0 fully saturated rings. The third-order valence-electron chi connectivity index (χ3n) is 2.68. The summed E-state index contributed by atoms with van der Waals surface area (Å²) < 4.78 is 5.11. The summed E-state index contributed by atoms with van der Waals surface area (Å²) in [5.74, 6) is 0.925. The van der Waals surface area contributed by atoms with Crippen molar-refractivity contribution in [2.24, 2.45) is 0 Å². The van der Waals surface area contributed by atoms with Crippen LogP contribution in [0.5, 0.6) is 5.75 Å². The van der Waals surface area contributed by atoms with Crippen LogP contribution in [0, 0.1) is 0 Å². The molecule has 2 nitrogen and oxygen atoms in total. The fourth-order valence-electron chi connectivity index (χ4n) is 1.40. The van der Waals surface area contributed by atoms with E-state index in [4.69, 9.17) is 4.74 Å². The highest BCUT2D eigenvalue weighted by molar-refractivity contribution is 5.27. The standard InChI is InChI=1S/C13H21NO/c1-4-11(2)14-10-9-12-5-7-13(15-3)8-6-12/h5-8,11,14H,4,9-10H2,1-3H3/t11-/m1/s1. The summed E-state index contributed by atoms with van der Waals surface area (Å²) in [5, 5.41) is 3.48. The van der Waals surface area contributed by atoms with Crippen LogP contribution in [0.2, 0.25) is 0 Å². The Morgan fingerprint density at radius 3 is 2.47 bits per heavy atom. The maximum Gasteiger partial charge on any atom is 0.118 e. The summed E-state index contributed by atoms with van der Waals surface area (Å²) in [7, 11) is 1.69. The van der Waals surface area contributed by atoms with Crippen molar-refractivity contribution in [1.82, 2.24) is 5.32 Å². The molecule has 0 saturated heterocycles. The van der Waals surface area contributed by atoms with Crippen molar-refractivity contribution in [3.63, 3.8) is 0 Å². The molecule has 0 aliphatic carbocycles. The first kappa shape index (κ1) is 12.1. The van der Waals surface area contributed by atoms with Crippen LogP contribution in [-0.4, -0.2) is 19.7 Å². The minimum Gasteiger partial charge on any atom is -0.497 e. The van der Waals surface area contributed by atoms with E-state index in [1.165, 1.54) is 12.0 Å². The molecule has 1 N–H and O–H groups in total. The number of methoxy groups -OCH3 is 1. The lowest BCUT2D eigenvalue weighted by Gasteiger charge is -2.11. The number of nitrogens with one attached hydrogen (secondary N) is 1. The van der Waals surface area contributed by atoms with Gasteiger partial charge in [-0.2, -0.15) is 0 Å². The lowest BCUT2D eigenvalue weighted by atomic mass is 10.1. The van der Waals surface area contributed by atoms with E-state index >= 15 is 0 Å². The molecule has 84 valence electrons. The molecule has 0 amide bonds. The molecule has 0 bridgehead atoms. The van der Waals surface area contributed by atoms with Gasteiger partial charge in [0.15, 0.2) is 0 Å². The Bertz CT molecular complexity index is 268. The average Bonchev–Trinajstić information content (AvgIpc) is 2.29. The molecule has 1 atom stereocenters. The van der Waals surface area contributed by atoms with Crippen molar-refractivity contribution in [1.29, 1.82) is 0 Å². The van der Waals surface area contributed by atoms with E-state index in [2.05, 4.69) is 31.3 Å². The van der Waals surface area contributed by atoms with Gasteiger partial charge in [-0.05, 0) is 44.0 Å².